The highest BCUT2D eigenvalue weighted by Crippen LogP contribution is 2.56. The monoisotopic (exact) mass is 433 g/mol. The van der Waals surface area contributed by atoms with Crippen LogP contribution in [-0.4, -0.2) is 41.0 Å². The normalized spacial score (nSPS) is 19.4. The quantitative estimate of drug-likeness (QED) is 0.441. The lowest BCUT2D eigenvalue weighted by molar-refractivity contribution is -0.139. The number of carbonyl (C=O) groups excluding carboxylic acids is 2. The van der Waals surface area contributed by atoms with Gasteiger partial charge in [0, 0.05) is 30.7 Å². The Kier molecular flexibility index (Phi) is 5.84. The van der Waals surface area contributed by atoms with Crippen molar-refractivity contribution in [2.24, 2.45) is 11.3 Å². The van der Waals surface area contributed by atoms with Crippen LogP contribution in [0.3, 0.4) is 0 Å². The summed E-state index contributed by atoms with van der Waals surface area (Å²) in [5.41, 5.74) is 4.77. The van der Waals surface area contributed by atoms with Gasteiger partial charge in [0.05, 0.1) is 16.8 Å². The topological polar surface area (TPSA) is 91.8 Å². The Balaban J connectivity index is 1.47. The first kappa shape index (κ1) is 21.8. The molecule has 0 spiro atoms. The highest BCUT2D eigenvalue weighted by atomic mass is 16.5. The summed E-state index contributed by atoms with van der Waals surface area (Å²) in [7, 11) is 3.36. The minimum atomic E-state index is -0.813. The van der Waals surface area contributed by atoms with Gasteiger partial charge in [0.1, 0.15) is 12.4 Å². The molecule has 2 N–H and O–H groups in total. The summed E-state index contributed by atoms with van der Waals surface area (Å²) in [5.74, 6) is -0.423. The highest BCUT2D eigenvalue weighted by Gasteiger charge is 2.63. The second kappa shape index (κ2) is 8.59. The molecule has 2 aromatic carbocycles. The SMILES string of the molecule is Cc1cc(COc2ccc(C[C@]3(C(=O)N(C)C)C[C@@H]3C(=O)NO)cc2)c2ccccc2n1. The van der Waals surface area contributed by atoms with Gasteiger partial charge in [0.25, 0.3) is 0 Å². The zero-order valence-electron chi connectivity index (χ0n) is 18.5. The number of nitrogens with zero attached hydrogens (tertiary/aromatic N) is 2. The van der Waals surface area contributed by atoms with Crippen LogP contribution in [-0.2, 0) is 22.6 Å². The molecule has 2 atom stereocenters. The van der Waals surface area contributed by atoms with Crippen LogP contribution in [0.4, 0.5) is 0 Å². The van der Waals surface area contributed by atoms with Crippen LogP contribution in [0.1, 0.15) is 23.2 Å². The van der Waals surface area contributed by atoms with E-state index in [2.05, 4.69) is 4.98 Å². The molecule has 1 fully saturated rings. The summed E-state index contributed by atoms with van der Waals surface area (Å²) in [6.45, 7) is 2.39. The van der Waals surface area contributed by atoms with Gasteiger partial charge in [-0.3, -0.25) is 19.8 Å². The predicted molar refractivity (Wildman–Crippen MR) is 120 cm³/mol. The van der Waals surface area contributed by atoms with E-state index in [9.17, 15) is 9.59 Å². The van der Waals surface area contributed by atoms with Crippen molar-refractivity contribution < 1.29 is 19.5 Å². The number of pyridine rings is 1. The number of hydrogen-bond acceptors (Lipinski definition) is 5. The molecule has 2 amide bonds. The van der Waals surface area contributed by atoms with E-state index in [1.54, 1.807) is 19.6 Å². The van der Waals surface area contributed by atoms with E-state index in [1.807, 2.05) is 61.5 Å². The van der Waals surface area contributed by atoms with Crippen LogP contribution < -0.4 is 10.2 Å². The number of benzene rings is 2. The Bertz CT molecular complexity index is 1160. The Morgan fingerprint density at radius 2 is 1.91 bits per heavy atom. The lowest BCUT2D eigenvalue weighted by Crippen LogP contribution is -2.36. The smallest absolute Gasteiger partial charge is 0.247 e. The maximum atomic E-state index is 12.8. The van der Waals surface area contributed by atoms with Crippen molar-refractivity contribution in [3.8, 4) is 5.75 Å². The first-order chi connectivity index (χ1) is 15.3. The van der Waals surface area contributed by atoms with Gasteiger partial charge in [-0.1, -0.05) is 30.3 Å². The number of carbonyl (C=O) groups is 2. The minimum Gasteiger partial charge on any atom is -0.489 e. The van der Waals surface area contributed by atoms with Gasteiger partial charge in [-0.15, -0.1) is 0 Å². The molecule has 1 heterocycles. The predicted octanol–water partition coefficient (Wildman–Crippen LogP) is 3.26. The first-order valence-electron chi connectivity index (χ1n) is 10.6. The van der Waals surface area contributed by atoms with Crippen molar-refractivity contribution >= 4 is 22.7 Å². The second-order valence-electron chi connectivity index (χ2n) is 8.64. The standard InChI is InChI=1S/C25H27N3O4/c1-16-12-18(20-6-4-5-7-22(20)26-16)15-32-19-10-8-17(9-11-19)13-25(24(30)28(2)3)14-21(25)23(29)27-31/h4-12,21,31H,13-15H2,1-3H3,(H,27,29)/t21-,25+/m1/s1. The number of rotatable bonds is 7. The first-order valence-corrected chi connectivity index (χ1v) is 10.6. The van der Waals surface area contributed by atoms with E-state index in [4.69, 9.17) is 9.94 Å². The molecule has 1 aromatic heterocycles. The molecular formula is C25H27N3O4. The van der Waals surface area contributed by atoms with E-state index in [1.165, 1.54) is 4.90 Å². The maximum Gasteiger partial charge on any atom is 0.247 e. The molecule has 0 radical (unpaired) electrons. The second-order valence-corrected chi connectivity index (χ2v) is 8.64. The van der Waals surface area contributed by atoms with Crippen molar-refractivity contribution in [2.45, 2.75) is 26.4 Å². The Morgan fingerprint density at radius 1 is 1.19 bits per heavy atom. The molecule has 166 valence electrons. The zero-order valence-corrected chi connectivity index (χ0v) is 18.5. The van der Waals surface area contributed by atoms with E-state index in [-0.39, 0.29) is 5.91 Å². The van der Waals surface area contributed by atoms with Crippen molar-refractivity contribution in [2.75, 3.05) is 14.1 Å². The molecule has 1 aliphatic carbocycles. The number of aryl methyl sites for hydroxylation is 1. The Labute approximate surface area is 187 Å². The van der Waals surface area contributed by atoms with Gasteiger partial charge in [-0.2, -0.15) is 0 Å². The largest absolute Gasteiger partial charge is 0.489 e. The number of amides is 2. The van der Waals surface area contributed by atoms with Crippen molar-refractivity contribution in [3.63, 3.8) is 0 Å². The number of ether oxygens (including phenoxy) is 1. The van der Waals surface area contributed by atoms with E-state index < -0.39 is 17.2 Å². The Morgan fingerprint density at radius 3 is 2.59 bits per heavy atom. The van der Waals surface area contributed by atoms with Crippen LogP contribution in [0.5, 0.6) is 5.75 Å². The van der Waals surface area contributed by atoms with Gasteiger partial charge in [-0.05, 0) is 49.6 Å². The molecule has 7 heteroatoms. The molecule has 0 bridgehead atoms. The lowest BCUT2D eigenvalue weighted by Gasteiger charge is -2.21. The molecule has 32 heavy (non-hydrogen) atoms. The van der Waals surface area contributed by atoms with Crippen molar-refractivity contribution in [1.82, 2.24) is 15.4 Å². The molecule has 1 aliphatic rings. The molecule has 3 aromatic rings. The fourth-order valence-electron chi connectivity index (χ4n) is 4.42. The number of fused-ring (bicyclic) bond motifs is 1. The summed E-state index contributed by atoms with van der Waals surface area (Å²) in [5, 5.41) is 10.1. The fourth-order valence-corrected chi connectivity index (χ4v) is 4.42. The van der Waals surface area contributed by atoms with Gasteiger partial charge < -0.3 is 9.64 Å². The molecular weight excluding hydrogens is 406 g/mol. The molecule has 4 rings (SSSR count). The third-order valence-electron chi connectivity index (χ3n) is 6.10. The van der Waals surface area contributed by atoms with Gasteiger partial charge in [-0.25, -0.2) is 5.48 Å². The van der Waals surface area contributed by atoms with Crippen LogP contribution in [0.25, 0.3) is 10.9 Å². The number of hydroxylamine groups is 1. The van der Waals surface area contributed by atoms with Gasteiger partial charge in [0.2, 0.25) is 11.8 Å². The zero-order chi connectivity index (χ0) is 22.9. The van der Waals surface area contributed by atoms with Crippen molar-refractivity contribution in [3.05, 3.63) is 71.4 Å². The minimum absolute atomic E-state index is 0.105. The maximum absolute atomic E-state index is 12.8. The molecule has 0 unspecified atom stereocenters. The number of hydrogen-bond donors (Lipinski definition) is 2. The van der Waals surface area contributed by atoms with E-state index in [0.29, 0.717) is 19.4 Å². The summed E-state index contributed by atoms with van der Waals surface area (Å²) in [4.78, 5) is 30.8. The third-order valence-corrected chi connectivity index (χ3v) is 6.10. The lowest BCUT2D eigenvalue weighted by atomic mass is 9.92. The summed E-state index contributed by atoms with van der Waals surface area (Å²) >= 11 is 0. The molecule has 0 aliphatic heterocycles. The van der Waals surface area contributed by atoms with Gasteiger partial charge >= 0.3 is 0 Å². The number of aromatic nitrogens is 1. The average molecular weight is 434 g/mol. The molecule has 7 nitrogen and oxygen atoms in total. The Hall–Kier alpha value is -3.45. The average Bonchev–Trinajstić information content (AvgIpc) is 3.52. The molecule has 0 saturated heterocycles. The summed E-state index contributed by atoms with van der Waals surface area (Å²) in [6, 6.07) is 17.6. The summed E-state index contributed by atoms with van der Waals surface area (Å²) in [6.07, 6.45) is 0.847. The number of nitrogens with one attached hydrogen (secondary N) is 1. The highest BCUT2D eigenvalue weighted by molar-refractivity contribution is 5.95. The fraction of sp³-hybridized carbons (Fsp3) is 0.320. The van der Waals surface area contributed by atoms with Crippen LogP contribution in [0.2, 0.25) is 0 Å². The van der Waals surface area contributed by atoms with Gasteiger partial charge in [0.15, 0.2) is 0 Å². The van der Waals surface area contributed by atoms with Crippen LogP contribution >= 0.6 is 0 Å². The van der Waals surface area contributed by atoms with Crippen molar-refractivity contribution in [1.29, 1.82) is 0 Å². The van der Waals surface area contributed by atoms with E-state index in [0.717, 1.165) is 33.5 Å². The van der Waals surface area contributed by atoms with Crippen LogP contribution in [0, 0.1) is 18.3 Å². The summed E-state index contributed by atoms with van der Waals surface area (Å²) < 4.78 is 6.02. The van der Waals surface area contributed by atoms with Crippen LogP contribution in [0.15, 0.2) is 54.6 Å². The third kappa shape index (κ3) is 4.16. The number of para-hydroxylation sites is 1. The molecule has 1 saturated carbocycles. The van der Waals surface area contributed by atoms with E-state index >= 15 is 0 Å².